The fraction of sp³-hybridized carbons (Fsp3) is 0.917. The lowest BCUT2D eigenvalue weighted by molar-refractivity contribution is -0.123. The van der Waals surface area contributed by atoms with Crippen LogP contribution >= 0.6 is 0 Å². The first-order chi connectivity index (χ1) is 8.15. The van der Waals surface area contributed by atoms with Gasteiger partial charge < -0.3 is 15.2 Å². The molecule has 0 spiro atoms. The van der Waals surface area contributed by atoms with Gasteiger partial charge in [-0.1, -0.05) is 0 Å². The second-order valence-electron chi connectivity index (χ2n) is 4.85. The Morgan fingerprint density at radius 1 is 1.65 bits per heavy atom. The Kier molecular flexibility index (Phi) is 6.47. The first kappa shape index (κ1) is 14.4. The summed E-state index contributed by atoms with van der Waals surface area (Å²) in [5.74, 6) is 0.362. The number of likely N-dealkylation sites (tertiary alicyclic amines) is 1. The van der Waals surface area contributed by atoms with Gasteiger partial charge >= 0.3 is 0 Å². The summed E-state index contributed by atoms with van der Waals surface area (Å²) in [5, 5.41) is 12.0. The summed E-state index contributed by atoms with van der Waals surface area (Å²) in [5.41, 5.74) is 0. The van der Waals surface area contributed by atoms with E-state index in [-0.39, 0.29) is 18.6 Å². The van der Waals surface area contributed by atoms with Gasteiger partial charge in [0, 0.05) is 26.3 Å². The number of hydrogen-bond acceptors (Lipinski definition) is 4. The predicted octanol–water partition coefficient (Wildman–Crippen LogP) is -0.158. The molecule has 17 heavy (non-hydrogen) atoms. The van der Waals surface area contributed by atoms with Crippen LogP contribution in [0, 0.1) is 5.92 Å². The number of nitrogens with one attached hydrogen (secondary N) is 1. The number of aliphatic hydroxyl groups excluding tert-OH is 1. The number of ether oxygens (including phenoxy) is 1. The van der Waals surface area contributed by atoms with E-state index in [2.05, 4.69) is 10.2 Å². The van der Waals surface area contributed by atoms with Crippen molar-refractivity contribution in [2.75, 3.05) is 40.0 Å². The van der Waals surface area contributed by atoms with Crippen molar-refractivity contribution in [1.82, 2.24) is 10.2 Å². The summed E-state index contributed by atoms with van der Waals surface area (Å²) in [6, 6.07) is 0.0472. The van der Waals surface area contributed by atoms with Crippen molar-refractivity contribution in [1.29, 1.82) is 0 Å². The topological polar surface area (TPSA) is 61.8 Å². The third kappa shape index (κ3) is 5.48. The van der Waals surface area contributed by atoms with Crippen LogP contribution in [0.5, 0.6) is 0 Å². The lowest BCUT2D eigenvalue weighted by Crippen LogP contribution is -2.46. The number of piperidine rings is 1. The first-order valence-electron chi connectivity index (χ1n) is 6.27. The summed E-state index contributed by atoms with van der Waals surface area (Å²) in [6.07, 6.45) is 2.13. The lowest BCUT2D eigenvalue weighted by atomic mass is 9.99. The largest absolute Gasteiger partial charge is 0.396 e. The number of aliphatic hydroxyl groups is 1. The standard InChI is InChI=1S/C12H24N2O3/c1-10(9-17-2)13-12(16)7-14-5-3-4-11(6-14)8-15/h10-11,15H,3-9H2,1-2H3,(H,13,16). The zero-order chi connectivity index (χ0) is 12.7. The van der Waals surface area contributed by atoms with Crippen molar-refractivity contribution in [3.05, 3.63) is 0 Å². The first-order valence-corrected chi connectivity index (χ1v) is 6.27. The summed E-state index contributed by atoms with van der Waals surface area (Å²) in [4.78, 5) is 13.8. The number of carbonyl (C=O) groups excluding carboxylic acids is 1. The minimum Gasteiger partial charge on any atom is -0.396 e. The molecular weight excluding hydrogens is 220 g/mol. The zero-order valence-corrected chi connectivity index (χ0v) is 10.8. The SMILES string of the molecule is COCC(C)NC(=O)CN1CCCC(CO)C1. The van der Waals surface area contributed by atoms with Crippen LogP contribution in [0.3, 0.4) is 0 Å². The van der Waals surface area contributed by atoms with Gasteiger partial charge in [0.05, 0.1) is 13.2 Å². The van der Waals surface area contributed by atoms with Gasteiger partial charge in [0.15, 0.2) is 0 Å². The third-order valence-electron chi connectivity index (χ3n) is 3.05. The molecule has 2 unspecified atom stereocenters. The summed E-state index contributed by atoms with van der Waals surface area (Å²) >= 11 is 0. The highest BCUT2D eigenvalue weighted by Gasteiger charge is 2.21. The van der Waals surface area contributed by atoms with E-state index in [0.717, 1.165) is 25.9 Å². The number of carbonyl (C=O) groups is 1. The maximum atomic E-state index is 11.7. The van der Waals surface area contributed by atoms with Crippen LogP contribution in [0.25, 0.3) is 0 Å². The molecule has 100 valence electrons. The highest BCUT2D eigenvalue weighted by Crippen LogP contribution is 2.15. The molecule has 0 bridgehead atoms. The smallest absolute Gasteiger partial charge is 0.234 e. The molecule has 0 radical (unpaired) electrons. The van der Waals surface area contributed by atoms with Gasteiger partial charge in [-0.3, -0.25) is 9.69 Å². The van der Waals surface area contributed by atoms with Gasteiger partial charge in [0.2, 0.25) is 5.91 Å². The summed E-state index contributed by atoms with van der Waals surface area (Å²) in [7, 11) is 1.62. The van der Waals surface area contributed by atoms with Gasteiger partial charge in [-0.15, -0.1) is 0 Å². The van der Waals surface area contributed by atoms with E-state index in [0.29, 0.717) is 19.1 Å². The zero-order valence-electron chi connectivity index (χ0n) is 10.8. The van der Waals surface area contributed by atoms with E-state index < -0.39 is 0 Å². The molecule has 5 heteroatoms. The second kappa shape index (κ2) is 7.63. The Morgan fingerprint density at radius 2 is 2.41 bits per heavy atom. The lowest BCUT2D eigenvalue weighted by Gasteiger charge is -2.31. The van der Waals surface area contributed by atoms with Gasteiger partial charge in [0.1, 0.15) is 0 Å². The quantitative estimate of drug-likeness (QED) is 0.682. The molecule has 2 N–H and O–H groups in total. The number of hydrogen-bond donors (Lipinski definition) is 2. The fourth-order valence-corrected chi connectivity index (χ4v) is 2.26. The van der Waals surface area contributed by atoms with Crippen molar-refractivity contribution < 1.29 is 14.6 Å². The molecule has 1 saturated heterocycles. The van der Waals surface area contributed by atoms with Crippen LogP contribution in [0.2, 0.25) is 0 Å². The van der Waals surface area contributed by atoms with Crippen LogP contribution in [0.1, 0.15) is 19.8 Å². The Morgan fingerprint density at radius 3 is 3.06 bits per heavy atom. The average Bonchev–Trinajstić information content (AvgIpc) is 2.29. The molecule has 5 nitrogen and oxygen atoms in total. The maximum absolute atomic E-state index is 11.7. The molecule has 1 rings (SSSR count). The van der Waals surface area contributed by atoms with E-state index in [1.807, 2.05) is 6.92 Å². The molecule has 2 atom stereocenters. The highest BCUT2D eigenvalue weighted by atomic mass is 16.5. The molecule has 1 aliphatic rings. The third-order valence-corrected chi connectivity index (χ3v) is 3.05. The van der Waals surface area contributed by atoms with E-state index in [1.54, 1.807) is 7.11 Å². The highest BCUT2D eigenvalue weighted by molar-refractivity contribution is 5.78. The second-order valence-corrected chi connectivity index (χ2v) is 4.85. The fourth-order valence-electron chi connectivity index (χ4n) is 2.26. The Labute approximate surface area is 103 Å². The van der Waals surface area contributed by atoms with Crippen LogP contribution in [-0.4, -0.2) is 61.9 Å². The molecule has 1 heterocycles. The van der Waals surface area contributed by atoms with Crippen LogP contribution in [0.4, 0.5) is 0 Å². The predicted molar refractivity (Wildman–Crippen MR) is 65.7 cm³/mol. The summed E-state index contributed by atoms with van der Waals surface area (Å²) in [6.45, 7) is 4.87. The molecular formula is C12H24N2O3. The van der Waals surface area contributed by atoms with E-state index in [9.17, 15) is 4.79 Å². The molecule has 1 fully saturated rings. The van der Waals surface area contributed by atoms with E-state index in [4.69, 9.17) is 9.84 Å². The molecule has 0 aliphatic carbocycles. The van der Waals surface area contributed by atoms with E-state index in [1.165, 1.54) is 0 Å². The number of methoxy groups -OCH3 is 1. The molecule has 0 aromatic heterocycles. The average molecular weight is 244 g/mol. The molecule has 0 aromatic rings. The van der Waals surface area contributed by atoms with Crippen molar-refractivity contribution >= 4 is 5.91 Å². The number of rotatable bonds is 6. The Bertz CT molecular complexity index is 236. The monoisotopic (exact) mass is 244 g/mol. The molecule has 0 saturated carbocycles. The number of amides is 1. The Hall–Kier alpha value is -0.650. The van der Waals surface area contributed by atoms with Crippen molar-refractivity contribution in [2.45, 2.75) is 25.8 Å². The number of nitrogens with zero attached hydrogens (tertiary/aromatic N) is 1. The van der Waals surface area contributed by atoms with Crippen LogP contribution < -0.4 is 5.32 Å². The van der Waals surface area contributed by atoms with Crippen molar-refractivity contribution in [3.63, 3.8) is 0 Å². The van der Waals surface area contributed by atoms with E-state index >= 15 is 0 Å². The maximum Gasteiger partial charge on any atom is 0.234 e. The minimum atomic E-state index is 0.0353. The van der Waals surface area contributed by atoms with Crippen molar-refractivity contribution in [3.8, 4) is 0 Å². The van der Waals surface area contributed by atoms with Crippen LogP contribution in [0.15, 0.2) is 0 Å². The van der Waals surface area contributed by atoms with Crippen molar-refractivity contribution in [2.24, 2.45) is 5.92 Å². The molecule has 0 aromatic carbocycles. The minimum absolute atomic E-state index is 0.0353. The van der Waals surface area contributed by atoms with Gasteiger partial charge in [-0.2, -0.15) is 0 Å². The summed E-state index contributed by atoms with van der Waals surface area (Å²) < 4.78 is 4.97. The normalized spacial score (nSPS) is 23.4. The molecule has 1 aliphatic heterocycles. The van der Waals surface area contributed by atoms with Gasteiger partial charge in [0.25, 0.3) is 0 Å². The van der Waals surface area contributed by atoms with Gasteiger partial charge in [-0.05, 0) is 32.2 Å². The van der Waals surface area contributed by atoms with Gasteiger partial charge in [-0.25, -0.2) is 0 Å². The van der Waals surface area contributed by atoms with Crippen LogP contribution in [-0.2, 0) is 9.53 Å². The Balaban J connectivity index is 2.25. The molecule has 1 amide bonds.